The third-order valence-electron chi connectivity index (χ3n) is 3.15. The molecular formula is C15H14N2O2S2. The largest absolute Gasteiger partial charge is 0.243 e. The van der Waals surface area contributed by atoms with Gasteiger partial charge in [0.2, 0.25) is 10.0 Å². The molecule has 0 N–H and O–H groups in total. The monoisotopic (exact) mass is 318 g/mol. The van der Waals surface area contributed by atoms with Gasteiger partial charge in [0.15, 0.2) is 0 Å². The summed E-state index contributed by atoms with van der Waals surface area (Å²) in [6.07, 6.45) is 0. The highest BCUT2D eigenvalue weighted by atomic mass is 32.2. The van der Waals surface area contributed by atoms with E-state index < -0.39 is 10.0 Å². The Morgan fingerprint density at radius 3 is 2.43 bits per heavy atom. The molecule has 0 saturated heterocycles. The number of nitrogens with zero attached hydrogens (tertiary/aromatic N) is 2. The molecule has 0 saturated carbocycles. The van der Waals surface area contributed by atoms with E-state index in [1.165, 1.54) is 15.6 Å². The molecule has 6 heteroatoms. The first-order chi connectivity index (χ1) is 10.1. The molecule has 0 radical (unpaired) electrons. The van der Waals surface area contributed by atoms with Crippen molar-refractivity contribution in [1.29, 1.82) is 0 Å². The molecule has 1 aromatic heterocycles. The van der Waals surface area contributed by atoms with Crippen LogP contribution >= 0.6 is 11.3 Å². The van der Waals surface area contributed by atoms with Crippen LogP contribution in [0.15, 0.2) is 59.5 Å². The summed E-state index contributed by atoms with van der Waals surface area (Å²) in [5.74, 6) is 0. The van der Waals surface area contributed by atoms with E-state index in [9.17, 15) is 8.42 Å². The SMILES string of the molecule is CN(Cc1nc2ccccc2s1)S(=O)(=O)c1ccccc1. The summed E-state index contributed by atoms with van der Waals surface area (Å²) in [6, 6.07) is 16.2. The lowest BCUT2D eigenvalue weighted by molar-refractivity contribution is 0.466. The number of fused-ring (bicyclic) bond motifs is 1. The van der Waals surface area contributed by atoms with Crippen molar-refractivity contribution >= 4 is 31.6 Å². The Morgan fingerprint density at radius 1 is 1.05 bits per heavy atom. The van der Waals surface area contributed by atoms with Crippen molar-refractivity contribution in [2.24, 2.45) is 0 Å². The Kier molecular flexibility index (Phi) is 3.75. The first kappa shape index (κ1) is 14.2. The number of rotatable bonds is 4. The van der Waals surface area contributed by atoms with Crippen LogP contribution in [0.3, 0.4) is 0 Å². The maximum absolute atomic E-state index is 12.5. The summed E-state index contributed by atoms with van der Waals surface area (Å²) in [5.41, 5.74) is 0.906. The predicted molar refractivity (Wildman–Crippen MR) is 84.7 cm³/mol. The molecule has 4 nitrogen and oxygen atoms in total. The maximum Gasteiger partial charge on any atom is 0.243 e. The summed E-state index contributed by atoms with van der Waals surface area (Å²) in [7, 11) is -1.90. The van der Waals surface area contributed by atoms with Crippen LogP contribution in [0.1, 0.15) is 5.01 Å². The van der Waals surface area contributed by atoms with E-state index in [0.717, 1.165) is 15.2 Å². The molecule has 0 atom stereocenters. The van der Waals surface area contributed by atoms with Gasteiger partial charge < -0.3 is 0 Å². The van der Waals surface area contributed by atoms with Crippen LogP contribution in [-0.2, 0) is 16.6 Å². The van der Waals surface area contributed by atoms with E-state index in [1.54, 1.807) is 37.4 Å². The minimum Gasteiger partial charge on any atom is -0.240 e. The van der Waals surface area contributed by atoms with E-state index in [4.69, 9.17) is 0 Å². The first-order valence-corrected chi connectivity index (χ1v) is 8.69. The minimum absolute atomic E-state index is 0.274. The first-order valence-electron chi connectivity index (χ1n) is 6.43. The fourth-order valence-electron chi connectivity index (χ4n) is 2.04. The Bertz CT molecular complexity index is 825. The van der Waals surface area contributed by atoms with E-state index >= 15 is 0 Å². The van der Waals surface area contributed by atoms with Crippen LogP contribution in [0.5, 0.6) is 0 Å². The second-order valence-corrected chi connectivity index (χ2v) is 7.81. The number of para-hydroxylation sites is 1. The molecule has 0 aliphatic heterocycles. The minimum atomic E-state index is -3.47. The number of sulfonamides is 1. The van der Waals surface area contributed by atoms with Crippen molar-refractivity contribution in [3.63, 3.8) is 0 Å². The third-order valence-corrected chi connectivity index (χ3v) is 5.99. The molecule has 0 fully saturated rings. The van der Waals surface area contributed by atoms with Gasteiger partial charge in [-0.3, -0.25) is 0 Å². The predicted octanol–water partition coefficient (Wildman–Crippen LogP) is 3.12. The van der Waals surface area contributed by atoms with Crippen molar-refractivity contribution in [2.75, 3.05) is 7.05 Å². The van der Waals surface area contributed by atoms with Gasteiger partial charge in [-0.15, -0.1) is 11.3 Å². The molecule has 108 valence electrons. The lowest BCUT2D eigenvalue weighted by atomic mass is 10.3. The Balaban J connectivity index is 1.87. The van der Waals surface area contributed by atoms with Gasteiger partial charge in [0.05, 0.1) is 21.7 Å². The molecule has 0 spiro atoms. The molecule has 3 rings (SSSR count). The summed E-state index contributed by atoms with van der Waals surface area (Å²) in [6.45, 7) is 0.274. The summed E-state index contributed by atoms with van der Waals surface area (Å²) in [4.78, 5) is 4.77. The number of hydrogen-bond donors (Lipinski definition) is 0. The van der Waals surface area contributed by atoms with E-state index in [2.05, 4.69) is 4.98 Å². The van der Waals surface area contributed by atoms with Gasteiger partial charge in [-0.2, -0.15) is 4.31 Å². The molecule has 1 heterocycles. The van der Waals surface area contributed by atoms with Crippen LogP contribution < -0.4 is 0 Å². The lowest BCUT2D eigenvalue weighted by Crippen LogP contribution is -2.26. The number of aromatic nitrogens is 1. The van der Waals surface area contributed by atoms with Crippen molar-refractivity contribution in [2.45, 2.75) is 11.4 Å². The number of thiazole rings is 1. The van der Waals surface area contributed by atoms with Gasteiger partial charge in [0, 0.05) is 7.05 Å². The van der Waals surface area contributed by atoms with E-state index in [1.807, 2.05) is 24.3 Å². The Labute approximate surface area is 127 Å². The molecule has 0 bridgehead atoms. The van der Waals surface area contributed by atoms with Crippen LogP contribution in [0.2, 0.25) is 0 Å². The number of hydrogen-bond acceptors (Lipinski definition) is 4. The highest BCUT2D eigenvalue weighted by Crippen LogP contribution is 2.24. The van der Waals surface area contributed by atoms with Gasteiger partial charge in [-0.1, -0.05) is 30.3 Å². The van der Waals surface area contributed by atoms with Gasteiger partial charge in [-0.25, -0.2) is 13.4 Å². The standard InChI is InChI=1S/C15H14N2O2S2/c1-17(21(18,19)12-7-3-2-4-8-12)11-15-16-13-9-5-6-10-14(13)20-15/h2-10H,11H2,1H3. The second kappa shape index (κ2) is 5.55. The highest BCUT2D eigenvalue weighted by molar-refractivity contribution is 7.89. The molecule has 3 aromatic rings. The molecule has 0 aliphatic rings. The zero-order valence-electron chi connectivity index (χ0n) is 11.4. The van der Waals surface area contributed by atoms with Crippen LogP contribution in [0.25, 0.3) is 10.2 Å². The quantitative estimate of drug-likeness (QED) is 0.742. The van der Waals surface area contributed by atoms with Crippen molar-refractivity contribution in [3.8, 4) is 0 Å². The molecule has 21 heavy (non-hydrogen) atoms. The average molecular weight is 318 g/mol. The molecular weight excluding hydrogens is 304 g/mol. The molecule has 2 aromatic carbocycles. The fraction of sp³-hybridized carbons (Fsp3) is 0.133. The number of benzene rings is 2. The zero-order valence-corrected chi connectivity index (χ0v) is 13.1. The topological polar surface area (TPSA) is 50.3 Å². The van der Waals surface area contributed by atoms with Crippen molar-refractivity contribution in [1.82, 2.24) is 9.29 Å². The molecule has 0 unspecified atom stereocenters. The van der Waals surface area contributed by atoms with Crippen LogP contribution in [0, 0.1) is 0 Å². The van der Waals surface area contributed by atoms with Gasteiger partial charge in [-0.05, 0) is 24.3 Å². The van der Waals surface area contributed by atoms with E-state index in [0.29, 0.717) is 4.90 Å². The summed E-state index contributed by atoms with van der Waals surface area (Å²) >= 11 is 1.52. The third kappa shape index (κ3) is 2.83. The highest BCUT2D eigenvalue weighted by Gasteiger charge is 2.21. The fourth-order valence-corrected chi connectivity index (χ4v) is 4.29. The van der Waals surface area contributed by atoms with Gasteiger partial charge >= 0.3 is 0 Å². The van der Waals surface area contributed by atoms with Crippen molar-refractivity contribution in [3.05, 3.63) is 59.6 Å². The lowest BCUT2D eigenvalue weighted by Gasteiger charge is -2.15. The average Bonchev–Trinajstić information content (AvgIpc) is 2.90. The Morgan fingerprint density at radius 2 is 1.71 bits per heavy atom. The summed E-state index contributed by atoms with van der Waals surface area (Å²) in [5, 5.41) is 0.790. The zero-order chi connectivity index (χ0) is 14.9. The van der Waals surface area contributed by atoms with Gasteiger partial charge in [0.25, 0.3) is 0 Å². The smallest absolute Gasteiger partial charge is 0.240 e. The van der Waals surface area contributed by atoms with Gasteiger partial charge in [0.1, 0.15) is 5.01 Å². The maximum atomic E-state index is 12.5. The van der Waals surface area contributed by atoms with Crippen molar-refractivity contribution < 1.29 is 8.42 Å². The van der Waals surface area contributed by atoms with Crippen LogP contribution in [0.4, 0.5) is 0 Å². The van der Waals surface area contributed by atoms with Crippen LogP contribution in [-0.4, -0.2) is 24.8 Å². The molecule has 0 amide bonds. The second-order valence-electron chi connectivity index (χ2n) is 4.65. The Hall–Kier alpha value is -1.76. The summed E-state index contributed by atoms with van der Waals surface area (Å²) < 4.78 is 27.3. The normalized spacial score (nSPS) is 12.1. The van der Waals surface area contributed by atoms with E-state index in [-0.39, 0.29) is 6.54 Å². The molecule has 0 aliphatic carbocycles.